The molecule has 2 aliphatic rings. The predicted molar refractivity (Wildman–Crippen MR) is 95.6 cm³/mol. The molecule has 1 saturated heterocycles. The Balaban J connectivity index is 1.35. The Morgan fingerprint density at radius 3 is 2.68 bits per heavy atom. The van der Waals surface area contributed by atoms with Gasteiger partial charge in [-0.3, -0.25) is 4.98 Å². The number of aryl methyl sites for hydroxylation is 1. The number of anilines is 1. The van der Waals surface area contributed by atoms with Gasteiger partial charge >= 0.3 is 0 Å². The summed E-state index contributed by atoms with van der Waals surface area (Å²) in [5.41, 5.74) is 2.03. The highest BCUT2D eigenvalue weighted by Crippen LogP contribution is 2.40. The number of nitrogens with zero attached hydrogens (tertiary/aromatic N) is 4. The van der Waals surface area contributed by atoms with Crippen molar-refractivity contribution < 1.29 is 4.74 Å². The first kappa shape index (κ1) is 14.4. The molecule has 0 N–H and O–H groups in total. The third kappa shape index (κ3) is 2.52. The van der Waals surface area contributed by atoms with E-state index in [1.807, 2.05) is 30.3 Å². The molecule has 0 amide bonds. The quantitative estimate of drug-likeness (QED) is 0.722. The lowest BCUT2D eigenvalue weighted by Gasteiger charge is -2.52. The lowest BCUT2D eigenvalue weighted by molar-refractivity contribution is 0.0182. The number of hydrogen-bond donors (Lipinski definition) is 0. The third-order valence-electron chi connectivity index (χ3n) is 4.97. The summed E-state index contributed by atoms with van der Waals surface area (Å²) >= 11 is 0. The number of benzene rings is 1. The molecule has 1 fully saturated rings. The molecule has 124 valence electrons. The molecule has 0 unspecified atom stereocenters. The fourth-order valence-electron chi connectivity index (χ4n) is 3.63. The fraction of sp³-hybridized carbons (Fsp3) is 0.250. The van der Waals surface area contributed by atoms with E-state index in [9.17, 15) is 0 Å². The van der Waals surface area contributed by atoms with E-state index in [-0.39, 0.29) is 5.60 Å². The number of pyridine rings is 1. The van der Waals surface area contributed by atoms with Gasteiger partial charge < -0.3 is 9.64 Å². The van der Waals surface area contributed by atoms with E-state index in [2.05, 4.69) is 38.1 Å². The topological polar surface area (TPSA) is 51.1 Å². The van der Waals surface area contributed by atoms with Gasteiger partial charge in [-0.1, -0.05) is 24.3 Å². The van der Waals surface area contributed by atoms with Crippen molar-refractivity contribution in [1.29, 1.82) is 0 Å². The molecule has 0 aliphatic carbocycles. The van der Waals surface area contributed by atoms with Crippen LogP contribution in [0.25, 0.3) is 11.5 Å². The molecule has 0 saturated carbocycles. The van der Waals surface area contributed by atoms with E-state index in [1.54, 1.807) is 12.4 Å². The van der Waals surface area contributed by atoms with Crippen LogP contribution in [0.4, 0.5) is 5.82 Å². The van der Waals surface area contributed by atoms with Crippen molar-refractivity contribution >= 4 is 5.82 Å². The maximum Gasteiger partial charge on any atom is 0.180 e. The average Bonchev–Trinajstić information content (AvgIpc) is 2.66. The molecule has 0 radical (unpaired) electrons. The van der Waals surface area contributed by atoms with Gasteiger partial charge in [0.05, 0.1) is 13.1 Å². The molecule has 0 atom stereocenters. The summed E-state index contributed by atoms with van der Waals surface area (Å²) in [5, 5.41) is 0. The summed E-state index contributed by atoms with van der Waals surface area (Å²) in [7, 11) is 0. The minimum absolute atomic E-state index is 0.0789. The van der Waals surface area contributed by atoms with Crippen molar-refractivity contribution in [2.24, 2.45) is 0 Å². The SMILES string of the molecule is c1ccc(-c2nccc(N3CC4(CCc5ccccc5O4)C3)n2)nc1. The molecule has 1 aromatic carbocycles. The van der Waals surface area contributed by atoms with E-state index in [4.69, 9.17) is 4.74 Å². The lowest BCUT2D eigenvalue weighted by Crippen LogP contribution is -2.66. The highest BCUT2D eigenvalue weighted by molar-refractivity contribution is 5.54. The number of hydrogen-bond acceptors (Lipinski definition) is 5. The first-order valence-electron chi connectivity index (χ1n) is 8.58. The first-order chi connectivity index (χ1) is 12.3. The van der Waals surface area contributed by atoms with Crippen LogP contribution >= 0.6 is 0 Å². The summed E-state index contributed by atoms with van der Waals surface area (Å²) in [4.78, 5) is 15.6. The van der Waals surface area contributed by atoms with E-state index in [0.717, 1.165) is 43.2 Å². The Morgan fingerprint density at radius 1 is 0.920 bits per heavy atom. The first-order valence-corrected chi connectivity index (χ1v) is 8.58. The molecule has 4 heterocycles. The number of para-hydroxylation sites is 1. The standard InChI is InChI=1S/C20H18N4O/c1-2-7-17-15(5-1)8-10-20(25-17)13-24(14-20)18-9-12-22-19(23-18)16-6-3-4-11-21-16/h1-7,9,11-12H,8,10,13-14H2. The zero-order valence-corrected chi connectivity index (χ0v) is 13.8. The molecule has 5 heteroatoms. The van der Waals surface area contributed by atoms with Crippen molar-refractivity contribution in [3.05, 3.63) is 66.5 Å². The second kappa shape index (κ2) is 5.55. The zero-order valence-electron chi connectivity index (χ0n) is 13.8. The van der Waals surface area contributed by atoms with Crippen LogP contribution in [0, 0.1) is 0 Å². The van der Waals surface area contributed by atoms with Gasteiger partial charge in [-0.05, 0) is 42.7 Å². The van der Waals surface area contributed by atoms with Gasteiger partial charge in [0.1, 0.15) is 22.9 Å². The average molecular weight is 330 g/mol. The van der Waals surface area contributed by atoms with Crippen LogP contribution in [-0.2, 0) is 6.42 Å². The normalized spacial score (nSPS) is 17.5. The van der Waals surface area contributed by atoms with Crippen molar-refractivity contribution in [1.82, 2.24) is 15.0 Å². The Kier molecular flexibility index (Phi) is 3.20. The van der Waals surface area contributed by atoms with Crippen molar-refractivity contribution in [2.45, 2.75) is 18.4 Å². The summed E-state index contributed by atoms with van der Waals surface area (Å²) in [6, 6.07) is 16.1. The van der Waals surface area contributed by atoms with Gasteiger partial charge in [0.2, 0.25) is 0 Å². The summed E-state index contributed by atoms with van der Waals surface area (Å²) < 4.78 is 6.32. The minimum Gasteiger partial charge on any atom is -0.483 e. The Bertz CT molecular complexity index is 906. The van der Waals surface area contributed by atoms with Crippen LogP contribution in [0.15, 0.2) is 60.9 Å². The molecular formula is C20H18N4O. The molecular weight excluding hydrogens is 312 g/mol. The maximum atomic E-state index is 6.32. The van der Waals surface area contributed by atoms with E-state index in [0.29, 0.717) is 5.82 Å². The van der Waals surface area contributed by atoms with Crippen LogP contribution in [0.2, 0.25) is 0 Å². The van der Waals surface area contributed by atoms with Gasteiger partial charge in [-0.2, -0.15) is 0 Å². The maximum absolute atomic E-state index is 6.32. The number of aromatic nitrogens is 3. The highest BCUT2D eigenvalue weighted by Gasteiger charge is 2.47. The molecule has 25 heavy (non-hydrogen) atoms. The number of fused-ring (bicyclic) bond motifs is 1. The minimum atomic E-state index is -0.0789. The fourth-order valence-corrected chi connectivity index (χ4v) is 3.63. The number of rotatable bonds is 2. The van der Waals surface area contributed by atoms with E-state index < -0.39 is 0 Å². The van der Waals surface area contributed by atoms with Crippen molar-refractivity contribution in [2.75, 3.05) is 18.0 Å². The van der Waals surface area contributed by atoms with Crippen LogP contribution < -0.4 is 9.64 Å². The lowest BCUT2D eigenvalue weighted by atomic mass is 9.84. The van der Waals surface area contributed by atoms with Crippen molar-refractivity contribution in [3.8, 4) is 17.3 Å². The smallest absolute Gasteiger partial charge is 0.180 e. The number of ether oxygens (including phenoxy) is 1. The van der Waals surface area contributed by atoms with Crippen LogP contribution in [0.3, 0.4) is 0 Å². The van der Waals surface area contributed by atoms with Crippen LogP contribution in [0.1, 0.15) is 12.0 Å². The monoisotopic (exact) mass is 330 g/mol. The van der Waals surface area contributed by atoms with Crippen LogP contribution in [0.5, 0.6) is 5.75 Å². The zero-order chi connectivity index (χ0) is 16.7. The van der Waals surface area contributed by atoms with Crippen LogP contribution in [-0.4, -0.2) is 33.6 Å². The summed E-state index contributed by atoms with van der Waals surface area (Å²) in [6.07, 6.45) is 5.69. The summed E-state index contributed by atoms with van der Waals surface area (Å²) in [6.45, 7) is 1.72. The highest BCUT2D eigenvalue weighted by atomic mass is 16.5. The molecule has 5 nitrogen and oxygen atoms in total. The van der Waals surface area contributed by atoms with Gasteiger partial charge in [0, 0.05) is 12.4 Å². The Hall–Kier alpha value is -2.95. The van der Waals surface area contributed by atoms with Gasteiger partial charge in [-0.15, -0.1) is 0 Å². The molecule has 1 spiro atoms. The predicted octanol–water partition coefficient (Wildman–Crippen LogP) is 3.12. The second-order valence-corrected chi connectivity index (χ2v) is 6.70. The Labute approximate surface area is 146 Å². The molecule has 2 aromatic heterocycles. The van der Waals surface area contributed by atoms with E-state index >= 15 is 0 Å². The second-order valence-electron chi connectivity index (χ2n) is 6.70. The molecule has 0 bridgehead atoms. The summed E-state index contributed by atoms with van der Waals surface area (Å²) in [5.74, 6) is 2.63. The van der Waals surface area contributed by atoms with Gasteiger partial charge in [-0.25, -0.2) is 9.97 Å². The molecule has 3 aromatic rings. The van der Waals surface area contributed by atoms with Crippen molar-refractivity contribution in [3.63, 3.8) is 0 Å². The van der Waals surface area contributed by atoms with E-state index in [1.165, 1.54) is 5.56 Å². The van der Waals surface area contributed by atoms with Gasteiger partial charge in [0.25, 0.3) is 0 Å². The molecule has 5 rings (SSSR count). The largest absolute Gasteiger partial charge is 0.483 e. The third-order valence-corrected chi connectivity index (χ3v) is 4.97. The Morgan fingerprint density at radius 2 is 1.80 bits per heavy atom. The molecule has 2 aliphatic heterocycles. The van der Waals surface area contributed by atoms with Gasteiger partial charge in [0.15, 0.2) is 5.82 Å².